The number of nitrogens with one attached hydrogen (secondary N) is 1. The summed E-state index contributed by atoms with van der Waals surface area (Å²) in [5.41, 5.74) is 1.12. The molecular formula is C12H13N5O. The van der Waals surface area contributed by atoms with Gasteiger partial charge < -0.3 is 4.90 Å². The van der Waals surface area contributed by atoms with Gasteiger partial charge in [-0.2, -0.15) is 5.10 Å². The van der Waals surface area contributed by atoms with E-state index < -0.39 is 0 Å². The smallest absolute Gasteiger partial charge is 0.291 e. The first-order valence-electron chi connectivity index (χ1n) is 5.92. The molecule has 1 amide bonds. The van der Waals surface area contributed by atoms with Gasteiger partial charge in [0.2, 0.25) is 5.82 Å². The summed E-state index contributed by atoms with van der Waals surface area (Å²) in [5, 5.41) is 6.34. The standard InChI is InChI=1S/C12H13N5O/c18-12(11-14-8-15-16-11)17-7-1-2-10(17)9-3-5-13-6-4-9/h3-6,8,10H,1-2,7H2,(H,14,15,16). The fraction of sp³-hybridized carbons (Fsp3) is 0.333. The number of rotatable bonds is 2. The van der Waals surface area contributed by atoms with E-state index in [1.165, 1.54) is 6.33 Å². The monoisotopic (exact) mass is 243 g/mol. The van der Waals surface area contributed by atoms with Crippen LogP contribution in [0.5, 0.6) is 0 Å². The third-order valence-electron chi connectivity index (χ3n) is 3.22. The molecule has 1 saturated heterocycles. The Labute approximate surface area is 104 Å². The van der Waals surface area contributed by atoms with Gasteiger partial charge in [0.1, 0.15) is 6.33 Å². The van der Waals surface area contributed by atoms with E-state index in [2.05, 4.69) is 20.2 Å². The molecule has 0 radical (unpaired) electrons. The molecule has 0 bridgehead atoms. The molecule has 0 spiro atoms. The van der Waals surface area contributed by atoms with Crippen molar-refractivity contribution in [2.75, 3.05) is 6.54 Å². The van der Waals surface area contributed by atoms with Gasteiger partial charge >= 0.3 is 0 Å². The minimum atomic E-state index is -0.0909. The fourth-order valence-electron chi connectivity index (χ4n) is 2.39. The molecule has 3 heterocycles. The molecule has 18 heavy (non-hydrogen) atoms. The van der Waals surface area contributed by atoms with Crippen LogP contribution in [0.1, 0.15) is 35.1 Å². The van der Waals surface area contributed by atoms with Crippen LogP contribution in [0.2, 0.25) is 0 Å². The van der Waals surface area contributed by atoms with Crippen LogP contribution < -0.4 is 0 Å². The Balaban J connectivity index is 1.86. The van der Waals surface area contributed by atoms with E-state index in [0.29, 0.717) is 5.82 Å². The summed E-state index contributed by atoms with van der Waals surface area (Å²) in [4.78, 5) is 22.0. The molecule has 2 aromatic heterocycles. The molecule has 2 aromatic rings. The number of nitrogens with zero attached hydrogens (tertiary/aromatic N) is 4. The number of likely N-dealkylation sites (tertiary alicyclic amines) is 1. The van der Waals surface area contributed by atoms with Crippen LogP contribution in [0.4, 0.5) is 0 Å². The molecule has 1 N–H and O–H groups in total. The highest BCUT2D eigenvalue weighted by molar-refractivity contribution is 5.90. The van der Waals surface area contributed by atoms with Crippen LogP contribution in [0, 0.1) is 0 Å². The Morgan fingerprint density at radius 1 is 1.39 bits per heavy atom. The van der Waals surface area contributed by atoms with Crippen molar-refractivity contribution in [2.24, 2.45) is 0 Å². The zero-order chi connectivity index (χ0) is 12.4. The van der Waals surface area contributed by atoms with Gasteiger partial charge in [0.05, 0.1) is 6.04 Å². The maximum atomic E-state index is 12.3. The summed E-state index contributed by atoms with van der Waals surface area (Å²) in [5.74, 6) is 0.211. The van der Waals surface area contributed by atoms with Gasteiger partial charge in [0.15, 0.2) is 0 Å². The molecule has 6 nitrogen and oxygen atoms in total. The molecule has 1 unspecified atom stereocenters. The van der Waals surface area contributed by atoms with E-state index in [1.807, 2.05) is 17.0 Å². The number of aromatic nitrogens is 4. The lowest BCUT2D eigenvalue weighted by atomic mass is 10.1. The number of carbonyl (C=O) groups is 1. The molecule has 92 valence electrons. The third kappa shape index (κ3) is 1.85. The highest BCUT2D eigenvalue weighted by atomic mass is 16.2. The van der Waals surface area contributed by atoms with Crippen LogP contribution in [-0.2, 0) is 0 Å². The predicted octanol–water partition coefficient (Wildman–Crippen LogP) is 1.18. The highest BCUT2D eigenvalue weighted by Crippen LogP contribution is 2.32. The average molecular weight is 243 g/mol. The van der Waals surface area contributed by atoms with Crippen molar-refractivity contribution >= 4 is 5.91 Å². The molecule has 1 aliphatic heterocycles. The molecule has 1 aliphatic rings. The largest absolute Gasteiger partial charge is 0.329 e. The second-order valence-corrected chi connectivity index (χ2v) is 4.27. The highest BCUT2D eigenvalue weighted by Gasteiger charge is 2.31. The van der Waals surface area contributed by atoms with Crippen molar-refractivity contribution in [3.8, 4) is 0 Å². The number of pyridine rings is 1. The van der Waals surface area contributed by atoms with Crippen molar-refractivity contribution < 1.29 is 4.79 Å². The second-order valence-electron chi connectivity index (χ2n) is 4.27. The Hall–Kier alpha value is -2.24. The van der Waals surface area contributed by atoms with Crippen molar-refractivity contribution in [1.29, 1.82) is 0 Å². The minimum absolute atomic E-state index is 0.0909. The van der Waals surface area contributed by atoms with E-state index >= 15 is 0 Å². The van der Waals surface area contributed by atoms with E-state index in [-0.39, 0.29) is 11.9 Å². The van der Waals surface area contributed by atoms with Gasteiger partial charge in [-0.05, 0) is 30.5 Å². The van der Waals surface area contributed by atoms with Crippen LogP contribution >= 0.6 is 0 Å². The van der Waals surface area contributed by atoms with E-state index in [1.54, 1.807) is 12.4 Å². The third-order valence-corrected chi connectivity index (χ3v) is 3.22. The Morgan fingerprint density at radius 2 is 2.22 bits per heavy atom. The quantitative estimate of drug-likeness (QED) is 0.859. The lowest BCUT2D eigenvalue weighted by Gasteiger charge is -2.23. The predicted molar refractivity (Wildman–Crippen MR) is 63.6 cm³/mol. The zero-order valence-corrected chi connectivity index (χ0v) is 9.78. The Bertz CT molecular complexity index is 525. The van der Waals surface area contributed by atoms with Crippen LogP contribution in [0.15, 0.2) is 30.9 Å². The van der Waals surface area contributed by atoms with Crippen LogP contribution in [0.25, 0.3) is 0 Å². The number of carbonyl (C=O) groups excluding carboxylic acids is 1. The van der Waals surface area contributed by atoms with E-state index in [9.17, 15) is 4.79 Å². The normalized spacial score (nSPS) is 19.1. The molecule has 0 aromatic carbocycles. The van der Waals surface area contributed by atoms with Gasteiger partial charge in [0, 0.05) is 18.9 Å². The summed E-state index contributed by atoms with van der Waals surface area (Å²) in [7, 11) is 0. The SMILES string of the molecule is O=C(c1ncn[nH]1)N1CCCC1c1ccncc1. The first-order chi connectivity index (χ1) is 8.86. The molecule has 6 heteroatoms. The summed E-state index contributed by atoms with van der Waals surface area (Å²) in [6.45, 7) is 0.756. The summed E-state index contributed by atoms with van der Waals surface area (Å²) < 4.78 is 0. The molecule has 1 atom stereocenters. The molecular weight excluding hydrogens is 230 g/mol. The summed E-state index contributed by atoms with van der Waals surface area (Å²) in [6.07, 6.45) is 6.84. The Morgan fingerprint density at radius 3 is 2.94 bits per heavy atom. The van der Waals surface area contributed by atoms with Crippen molar-refractivity contribution in [3.63, 3.8) is 0 Å². The fourth-order valence-corrected chi connectivity index (χ4v) is 2.39. The van der Waals surface area contributed by atoms with Crippen LogP contribution in [-0.4, -0.2) is 37.5 Å². The van der Waals surface area contributed by atoms with Crippen molar-refractivity contribution in [1.82, 2.24) is 25.1 Å². The summed E-state index contributed by atoms with van der Waals surface area (Å²) >= 11 is 0. The van der Waals surface area contributed by atoms with Gasteiger partial charge in [-0.25, -0.2) is 4.98 Å². The molecule has 1 fully saturated rings. The van der Waals surface area contributed by atoms with E-state index in [4.69, 9.17) is 0 Å². The lowest BCUT2D eigenvalue weighted by Crippen LogP contribution is -2.31. The molecule has 0 saturated carbocycles. The second kappa shape index (κ2) is 4.56. The molecule has 3 rings (SSSR count). The van der Waals surface area contributed by atoms with Crippen molar-refractivity contribution in [3.05, 3.63) is 42.2 Å². The van der Waals surface area contributed by atoms with Crippen molar-refractivity contribution in [2.45, 2.75) is 18.9 Å². The maximum absolute atomic E-state index is 12.3. The van der Waals surface area contributed by atoms with Gasteiger partial charge in [-0.3, -0.25) is 14.9 Å². The van der Waals surface area contributed by atoms with Crippen LogP contribution in [0.3, 0.4) is 0 Å². The zero-order valence-electron chi connectivity index (χ0n) is 9.78. The first-order valence-corrected chi connectivity index (χ1v) is 5.92. The lowest BCUT2D eigenvalue weighted by molar-refractivity contribution is 0.0723. The molecule has 0 aliphatic carbocycles. The Kier molecular flexibility index (Phi) is 2.76. The number of H-pyrrole nitrogens is 1. The number of hydrogen-bond acceptors (Lipinski definition) is 4. The van der Waals surface area contributed by atoms with Gasteiger partial charge in [-0.1, -0.05) is 0 Å². The number of aromatic amines is 1. The number of hydrogen-bond donors (Lipinski definition) is 1. The first kappa shape index (κ1) is 10.9. The van der Waals surface area contributed by atoms with E-state index in [0.717, 1.165) is 24.9 Å². The number of amides is 1. The topological polar surface area (TPSA) is 74.8 Å². The minimum Gasteiger partial charge on any atom is -0.329 e. The average Bonchev–Trinajstić information content (AvgIpc) is 3.10. The summed E-state index contributed by atoms with van der Waals surface area (Å²) in [6, 6.07) is 4.03. The maximum Gasteiger partial charge on any atom is 0.291 e. The van der Waals surface area contributed by atoms with Gasteiger partial charge in [0.25, 0.3) is 5.91 Å². The van der Waals surface area contributed by atoms with Gasteiger partial charge in [-0.15, -0.1) is 0 Å².